The van der Waals surface area contributed by atoms with Crippen molar-refractivity contribution in [3.63, 3.8) is 0 Å². The zero-order valence-corrected chi connectivity index (χ0v) is 12.0. The van der Waals surface area contributed by atoms with Crippen LogP contribution in [0.15, 0.2) is 46.3 Å². The van der Waals surface area contributed by atoms with Crippen LogP contribution in [0.4, 0.5) is 5.69 Å². The minimum atomic E-state index is -4.15. The molecule has 9 heteroatoms. The molecule has 1 aromatic heterocycles. The number of benzene rings is 1. The number of nitro groups is 1. The fourth-order valence-electron chi connectivity index (χ4n) is 1.47. The summed E-state index contributed by atoms with van der Waals surface area (Å²) >= 11 is 11.3. The molecular formula is C11H6Cl2N2O4S. The topological polar surface area (TPSA) is 90.2 Å². The Hall–Kier alpha value is -1.70. The highest BCUT2D eigenvalue weighted by atomic mass is 35.5. The largest absolute Gasteiger partial charge is 0.307 e. The number of hydrogen-bond donors (Lipinski definition) is 0. The molecule has 0 atom stereocenters. The molecular weight excluding hydrogens is 327 g/mol. The van der Waals surface area contributed by atoms with Crippen molar-refractivity contribution in [2.75, 3.05) is 0 Å². The van der Waals surface area contributed by atoms with Crippen molar-refractivity contribution >= 4 is 38.7 Å². The monoisotopic (exact) mass is 332 g/mol. The fraction of sp³-hybridized carbons (Fsp3) is 0. The van der Waals surface area contributed by atoms with Crippen LogP contribution in [0.1, 0.15) is 0 Å². The van der Waals surface area contributed by atoms with Gasteiger partial charge in [0.15, 0.2) is 0 Å². The molecule has 0 unspecified atom stereocenters. The second-order valence-corrected chi connectivity index (χ2v) is 6.36. The van der Waals surface area contributed by atoms with Gasteiger partial charge in [0.1, 0.15) is 5.15 Å². The minimum Gasteiger partial charge on any atom is -0.258 e. The third-order valence-electron chi connectivity index (χ3n) is 2.38. The molecule has 0 amide bonds. The number of pyridine rings is 1. The van der Waals surface area contributed by atoms with E-state index in [1.807, 2.05) is 0 Å². The molecule has 0 aliphatic rings. The molecule has 0 N–H and O–H groups in total. The van der Waals surface area contributed by atoms with Gasteiger partial charge in [-0.05, 0) is 30.3 Å². The molecule has 0 saturated carbocycles. The van der Waals surface area contributed by atoms with Crippen molar-refractivity contribution in [3.05, 3.63) is 56.7 Å². The van der Waals surface area contributed by atoms with E-state index in [4.69, 9.17) is 23.2 Å². The summed E-state index contributed by atoms with van der Waals surface area (Å²) in [5.41, 5.74) is -0.635. The van der Waals surface area contributed by atoms with E-state index in [9.17, 15) is 18.5 Å². The molecule has 1 heterocycles. The molecule has 2 rings (SSSR count). The molecule has 2 aromatic rings. The molecule has 0 radical (unpaired) electrons. The molecule has 0 bridgehead atoms. The van der Waals surface area contributed by atoms with Gasteiger partial charge in [-0.2, -0.15) is 0 Å². The predicted octanol–water partition coefficient (Wildman–Crippen LogP) is 3.13. The third-order valence-corrected chi connectivity index (χ3v) is 4.55. The quantitative estimate of drug-likeness (QED) is 0.489. The number of nitrogens with zero attached hydrogens (tertiary/aromatic N) is 2. The van der Waals surface area contributed by atoms with E-state index in [1.54, 1.807) is 0 Å². The van der Waals surface area contributed by atoms with Gasteiger partial charge in [0.2, 0.25) is 14.9 Å². The molecule has 0 aliphatic carbocycles. The van der Waals surface area contributed by atoms with Crippen LogP contribution in [0, 0.1) is 10.1 Å². The summed E-state index contributed by atoms with van der Waals surface area (Å²) in [6.07, 6.45) is 0. The maximum atomic E-state index is 12.4. The van der Waals surface area contributed by atoms with E-state index in [0.717, 1.165) is 12.1 Å². The lowest BCUT2D eigenvalue weighted by Gasteiger charge is -2.05. The summed E-state index contributed by atoms with van der Waals surface area (Å²) < 4.78 is 24.7. The summed E-state index contributed by atoms with van der Waals surface area (Å²) in [6.45, 7) is 0. The van der Waals surface area contributed by atoms with E-state index in [-0.39, 0.29) is 10.0 Å². The van der Waals surface area contributed by atoms with Crippen molar-refractivity contribution in [3.8, 4) is 0 Å². The summed E-state index contributed by atoms with van der Waals surface area (Å²) in [5, 5.41) is 10.4. The number of aromatic nitrogens is 1. The maximum Gasteiger partial charge on any atom is 0.307 e. The Labute approximate surface area is 124 Å². The van der Waals surface area contributed by atoms with E-state index < -0.39 is 25.5 Å². The van der Waals surface area contributed by atoms with Crippen LogP contribution in [0.2, 0.25) is 10.2 Å². The van der Waals surface area contributed by atoms with Gasteiger partial charge in [0, 0.05) is 11.1 Å². The van der Waals surface area contributed by atoms with Gasteiger partial charge in [0.25, 0.3) is 0 Å². The zero-order valence-electron chi connectivity index (χ0n) is 9.66. The fourth-order valence-corrected chi connectivity index (χ4v) is 3.15. The SMILES string of the molecule is O=[N+]([O-])c1ccc(Cl)nc1S(=O)(=O)c1ccc(Cl)cc1. The highest BCUT2D eigenvalue weighted by molar-refractivity contribution is 7.91. The first kappa shape index (κ1) is 14.7. The summed E-state index contributed by atoms with van der Waals surface area (Å²) in [6, 6.07) is 7.36. The van der Waals surface area contributed by atoms with Gasteiger partial charge in [0.05, 0.1) is 9.82 Å². The Morgan fingerprint density at radius 3 is 2.20 bits per heavy atom. The van der Waals surface area contributed by atoms with Gasteiger partial charge >= 0.3 is 5.69 Å². The van der Waals surface area contributed by atoms with Gasteiger partial charge in [-0.15, -0.1) is 0 Å². The zero-order chi connectivity index (χ0) is 14.9. The van der Waals surface area contributed by atoms with Gasteiger partial charge < -0.3 is 0 Å². The van der Waals surface area contributed by atoms with Crippen molar-refractivity contribution < 1.29 is 13.3 Å². The Kier molecular flexibility index (Phi) is 3.94. The number of hydrogen-bond acceptors (Lipinski definition) is 5. The van der Waals surface area contributed by atoms with Gasteiger partial charge in [-0.25, -0.2) is 13.4 Å². The first-order chi connectivity index (χ1) is 9.32. The summed E-state index contributed by atoms with van der Waals surface area (Å²) in [7, 11) is -4.15. The van der Waals surface area contributed by atoms with Crippen molar-refractivity contribution in [1.82, 2.24) is 4.98 Å². The lowest BCUT2D eigenvalue weighted by molar-refractivity contribution is -0.388. The van der Waals surface area contributed by atoms with Gasteiger partial charge in [-0.1, -0.05) is 23.2 Å². The third kappa shape index (κ3) is 2.74. The second-order valence-electron chi connectivity index (χ2n) is 3.67. The van der Waals surface area contributed by atoms with Crippen molar-refractivity contribution in [1.29, 1.82) is 0 Å². The second kappa shape index (κ2) is 5.35. The smallest absolute Gasteiger partial charge is 0.258 e. The molecule has 0 saturated heterocycles. The average Bonchev–Trinajstić information content (AvgIpc) is 2.38. The normalized spacial score (nSPS) is 11.3. The molecule has 0 fully saturated rings. The Bertz CT molecular complexity index is 776. The van der Waals surface area contributed by atoms with E-state index in [2.05, 4.69) is 4.98 Å². The van der Waals surface area contributed by atoms with E-state index >= 15 is 0 Å². The Balaban J connectivity index is 2.68. The lowest BCUT2D eigenvalue weighted by atomic mass is 10.4. The highest BCUT2D eigenvalue weighted by Crippen LogP contribution is 2.29. The molecule has 0 aliphatic heterocycles. The Morgan fingerprint density at radius 2 is 1.65 bits per heavy atom. The Morgan fingerprint density at radius 1 is 1.05 bits per heavy atom. The maximum absolute atomic E-state index is 12.4. The first-order valence-electron chi connectivity index (χ1n) is 5.14. The summed E-state index contributed by atoms with van der Waals surface area (Å²) in [5.74, 6) is 0. The van der Waals surface area contributed by atoms with Crippen LogP contribution < -0.4 is 0 Å². The van der Waals surface area contributed by atoms with Crippen molar-refractivity contribution in [2.45, 2.75) is 9.92 Å². The minimum absolute atomic E-state index is 0.150. The van der Waals surface area contributed by atoms with E-state index in [0.29, 0.717) is 5.02 Å². The number of sulfone groups is 1. The molecule has 1 aromatic carbocycles. The molecule has 104 valence electrons. The molecule has 0 spiro atoms. The summed E-state index contributed by atoms with van der Waals surface area (Å²) in [4.78, 5) is 13.5. The first-order valence-corrected chi connectivity index (χ1v) is 7.38. The van der Waals surface area contributed by atoms with Crippen LogP contribution in [0.25, 0.3) is 0 Å². The van der Waals surface area contributed by atoms with Crippen molar-refractivity contribution in [2.24, 2.45) is 0 Å². The van der Waals surface area contributed by atoms with Crippen LogP contribution >= 0.6 is 23.2 Å². The molecule has 20 heavy (non-hydrogen) atoms. The van der Waals surface area contributed by atoms with E-state index in [1.165, 1.54) is 24.3 Å². The van der Waals surface area contributed by atoms with Crippen LogP contribution in [0.3, 0.4) is 0 Å². The lowest BCUT2D eigenvalue weighted by Crippen LogP contribution is -2.08. The van der Waals surface area contributed by atoms with Crippen LogP contribution in [-0.2, 0) is 9.84 Å². The number of halogens is 2. The predicted molar refractivity (Wildman–Crippen MR) is 72.8 cm³/mol. The van der Waals surface area contributed by atoms with Crippen LogP contribution in [-0.4, -0.2) is 18.3 Å². The average molecular weight is 333 g/mol. The molecule has 6 nitrogen and oxygen atoms in total. The van der Waals surface area contributed by atoms with Gasteiger partial charge in [-0.3, -0.25) is 10.1 Å². The standard InChI is InChI=1S/C11H6Cl2N2O4S/c12-7-1-3-8(4-2-7)20(18,19)11-9(15(16)17)5-6-10(13)14-11/h1-6H. The van der Waals surface area contributed by atoms with Crippen LogP contribution in [0.5, 0.6) is 0 Å². The number of rotatable bonds is 3. The highest BCUT2D eigenvalue weighted by Gasteiger charge is 2.29.